The van der Waals surface area contributed by atoms with Crippen molar-refractivity contribution in [3.8, 4) is 0 Å². The number of nitrogens with zero attached hydrogens (tertiary/aromatic N) is 1. The molecular formula is C17H16N2OS2. The van der Waals surface area contributed by atoms with Crippen molar-refractivity contribution in [1.82, 2.24) is 4.98 Å². The average molecular weight is 328 g/mol. The number of thiol groups is 1. The Labute approximate surface area is 138 Å². The highest BCUT2D eigenvalue weighted by Gasteiger charge is 2.21. The molecule has 1 heterocycles. The van der Waals surface area contributed by atoms with Crippen LogP contribution in [0.15, 0.2) is 42.5 Å². The fourth-order valence-electron chi connectivity index (χ4n) is 2.32. The van der Waals surface area contributed by atoms with Gasteiger partial charge in [-0.15, -0.1) is 11.3 Å². The van der Waals surface area contributed by atoms with Crippen LogP contribution in [0, 0.1) is 13.8 Å². The number of hydrogen-bond acceptors (Lipinski definition) is 4. The minimum absolute atomic E-state index is 0.153. The molecule has 1 amide bonds. The normalized spacial score (nSPS) is 12.3. The van der Waals surface area contributed by atoms with Crippen LogP contribution in [0.1, 0.15) is 21.4 Å². The van der Waals surface area contributed by atoms with Crippen LogP contribution in [-0.4, -0.2) is 10.9 Å². The molecule has 0 saturated heterocycles. The molecule has 0 saturated carbocycles. The number of fused-ring (bicyclic) bond motifs is 1. The molecule has 0 aliphatic heterocycles. The summed E-state index contributed by atoms with van der Waals surface area (Å²) in [7, 11) is 0. The maximum absolute atomic E-state index is 12.5. The number of amides is 1. The molecule has 0 radical (unpaired) electrons. The van der Waals surface area contributed by atoms with Crippen LogP contribution in [0.4, 0.5) is 5.69 Å². The molecule has 3 nitrogen and oxygen atoms in total. The first-order valence-corrected chi connectivity index (χ1v) is 8.30. The summed E-state index contributed by atoms with van der Waals surface area (Å²) in [6.45, 7) is 3.96. The van der Waals surface area contributed by atoms with E-state index in [1.807, 2.05) is 56.3 Å². The Balaban J connectivity index is 1.85. The van der Waals surface area contributed by atoms with E-state index in [0.717, 1.165) is 27.0 Å². The molecule has 0 aliphatic carbocycles. The molecule has 5 heteroatoms. The first kappa shape index (κ1) is 15.1. The largest absolute Gasteiger partial charge is 0.324 e. The number of aryl methyl sites for hydroxylation is 2. The van der Waals surface area contributed by atoms with Gasteiger partial charge in [-0.25, -0.2) is 4.98 Å². The summed E-state index contributed by atoms with van der Waals surface area (Å²) >= 11 is 5.96. The number of para-hydroxylation sites is 2. The molecule has 1 atom stereocenters. The van der Waals surface area contributed by atoms with E-state index in [1.54, 1.807) is 0 Å². The van der Waals surface area contributed by atoms with Crippen LogP contribution in [-0.2, 0) is 4.79 Å². The second-order valence-corrected chi connectivity index (χ2v) is 6.76. The Morgan fingerprint density at radius 3 is 2.50 bits per heavy atom. The van der Waals surface area contributed by atoms with Crippen LogP contribution >= 0.6 is 24.0 Å². The lowest BCUT2D eigenvalue weighted by Gasteiger charge is -2.13. The van der Waals surface area contributed by atoms with E-state index in [1.165, 1.54) is 11.3 Å². The minimum atomic E-state index is -0.573. The number of benzene rings is 2. The summed E-state index contributed by atoms with van der Waals surface area (Å²) in [5, 5.41) is 3.12. The van der Waals surface area contributed by atoms with Crippen LogP contribution < -0.4 is 5.32 Å². The van der Waals surface area contributed by atoms with E-state index in [0.29, 0.717) is 5.01 Å². The van der Waals surface area contributed by atoms with Gasteiger partial charge < -0.3 is 5.32 Å². The molecule has 2 aromatic carbocycles. The number of carbonyl (C=O) groups excluding carboxylic acids is 1. The van der Waals surface area contributed by atoms with Gasteiger partial charge in [0.05, 0.1) is 10.2 Å². The first-order valence-electron chi connectivity index (χ1n) is 6.97. The zero-order valence-corrected chi connectivity index (χ0v) is 14.0. The molecule has 3 aromatic rings. The van der Waals surface area contributed by atoms with Gasteiger partial charge in [-0.1, -0.05) is 30.3 Å². The highest BCUT2D eigenvalue weighted by atomic mass is 32.1. The highest BCUT2D eigenvalue weighted by Crippen LogP contribution is 2.31. The number of aromatic nitrogens is 1. The molecule has 1 aromatic heterocycles. The Morgan fingerprint density at radius 2 is 1.82 bits per heavy atom. The number of nitrogens with one attached hydrogen (secondary N) is 1. The third-order valence-electron chi connectivity index (χ3n) is 3.52. The Kier molecular flexibility index (Phi) is 4.18. The van der Waals surface area contributed by atoms with Crippen LogP contribution in [0.5, 0.6) is 0 Å². The van der Waals surface area contributed by atoms with Crippen LogP contribution in [0.2, 0.25) is 0 Å². The molecule has 22 heavy (non-hydrogen) atoms. The van der Waals surface area contributed by atoms with Crippen molar-refractivity contribution in [2.75, 3.05) is 5.32 Å². The van der Waals surface area contributed by atoms with E-state index >= 15 is 0 Å². The minimum Gasteiger partial charge on any atom is -0.324 e. The lowest BCUT2D eigenvalue weighted by atomic mass is 10.1. The predicted octanol–water partition coefficient (Wildman–Crippen LogP) is 4.52. The van der Waals surface area contributed by atoms with Crippen molar-refractivity contribution < 1.29 is 4.79 Å². The van der Waals surface area contributed by atoms with Crippen LogP contribution in [0.3, 0.4) is 0 Å². The SMILES string of the molecule is Cc1cccc(C)c1NC(=O)C(S)c1nc2ccccc2s1. The van der Waals surface area contributed by atoms with E-state index in [-0.39, 0.29) is 5.91 Å². The quantitative estimate of drug-likeness (QED) is 0.694. The predicted molar refractivity (Wildman–Crippen MR) is 95.9 cm³/mol. The summed E-state index contributed by atoms with van der Waals surface area (Å²) in [5.74, 6) is -0.153. The Morgan fingerprint density at radius 1 is 1.14 bits per heavy atom. The summed E-state index contributed by atoms with van der Waals surface area (Å²) in [5.41, 5.74) is 3.84. The zero-order valence-electron chi connectivity index (χ0n) is 12.3. The standard InChI is InChI=1S/C17H16N2OS2/c1-10-6-5-7-11(2)14(10)19-16(20)15(21)17-18-12-8-3-4-9-13(12)22-17/h3-9,15,21H,1-2H3,(H,19,20). The average Bonchev–Trinajstić information content (AvgIpc) is 2.94. The maximum Gasteiger partial charge on any atom is 0.244 e. The molecule has 0 spiro atoms. The molecule has 1 unspecified atom stereocenters. The zero-order chi connectivity index (χ0) is 15.7. The fraction of sp³-hybridized carbons (Fsp3) is 0.176. The number of thiazole rings is 1. The van der Waals surface area contributed by atoms with Gasteiger partial charge in [-0.2, -0.15) is 12.6 Å². The van der Waals surface area contributed by atoms with Crippen molar-refractivity contribution in [2.24, 2.45) is 0 Å². The number of carbonyl (C=O) groups is 1. The van der Waals surface area contributed by atoms with Gasteiger partial charge in [-0.05, 0) is 37.1 Å². The Hall–Kier alpha value is -1.85. The van der Waals surface area contributed by atoms with Gasteiger partial charge >= 0.3 is 0 Å². The second-order valence-electron chi connectivity index (χ2n) is 5.18. The summed E-state index contributed by atoms with van der Waals surface area (Å²) in [4.78, 5) is 17.0. The van der Waals surface area contributed by atoms with Crippen molar-refractivity contribution in [3.63, 3.8) is 0 Å². The van der Waals surface area contributed by atoms with Gasteiger partial charge in [0.15, 0.2) is 0 Å². The van der Waals surface area contributed by atoms with Crippen LogP contribution in [0.25, 0.3) is 10.2 Å². The smallest absolute Gasteiger partial charge is 0.244 e. The van der Waals surface area contributed by atoms with Gasteiger partial charge in [0.25, 0.3) is 0 Å². The first-order chi connectivity index (χ1) is 10.6. The second kappa shape index (κ2) is 6.10. The summed E-state index contributed by atoms with van der Waals surface area (Å²) in [6.07, 6.45) is 0. The fourth-order valence-corrected chi connectivity index (χ4v) is 3.56. The van der Waals surface area contributed by atoms with Gasteiger partial charge in [0, 0.05) is 5.69 Å². The topological polar surface area (TPSA) is 42.0 Å². The van der Waals surface area contributed by atoms with Gasteiger partial charge in [0.1, 0.15) is 10.3 Å². The van der Waals surface area contributed by atoms with Crippen molar-refractivity contribution in [1.29, 1.82) is 0 Å². The van der Waals surface area contributed by atoms with Gasteiger partial charge in [0.2, 0.25) is 5.91 Å². The maximum atomic E-state index is 12.5. The van der Waals surface area contributed by atoms with Crippen molar-refractivity contribution in [3.05, 3.63) is 58.6 Å². The summed E-state index contributed by atoms with van der Waals surface area (Å²) < 4.78 is 1.07. The lowest BCUT2D eigenvalue weighted by Crippen LogP contribution is -2.18. The Bertz CT molecular complexity index is 788. The molecule has 1 N–H and O–H groups in total. The van der Waals surface area contributed by atoms with E-state index in [9.17, 15) is 4.79 Å². The van der Waals surface area contributed by atoms with E-state index in [4.69, 9.17) is 0 Å². The third-order valence-corrected chi connectivity index (χ3v) is 5.28. The molecular weight excluding hydrogens is 312 g/mol. The molecule has 0 bridgehead atoms. The van der Waals surface area contributed by atoms with Gasteiger partial charge in [-0.3, -0.25) is 4.79 Å². The molecule has 112 valence electrons. The molecule has 0 aliphatic rings. The number of hydrogen-bond donors (Lipinski definition) is 2. The monoisotopic (exact) mass is 328 g/mol. The van der Waals surface area contributed by atoms with E-state index in [2.05, 4.69) is 22.9 Å². The summed E-state index contributed by atoms with van der Waals surface area (Å²) in [6, 6.07) is 13.8. The lowest BCUT2D eigenvalue weighted by molar-refractivity contribution is -0.115. The molecule has 3 rings (SSSR count). The van der Waals surface area contributed by atoms with E-state index < -0.39 is 5.25 Å². The number of rotatable bonds is 3. The number of anilines is 1. The van der Waals surface area contributed by atoms with Crippen molar-refractivity contribution in [2.45, 2.75) is 19.1 Å². The molecule has 0 fully saturated rings. The van der Waals surface area contributed by atoms with Crippen molar-refractivity contribution >= 4 is 45.8 Å². The highest BCUT2D eigenvalue weighted by molar-refractivity contribution is 7.81. The third kappa shape index (κ3) is 2.87.